The molecule has 2 atom stereocenters. The summed E-state index contributed by atoms with van der Waals surface area (Å²) in [4.78, 5) is 0. The fourth-order valence-corrected chi connectivity index (χ4v) is 2.31. The van der Waals surface area contributed by atoms with Crippen LogP contribution < -0.4 is 5.32 Å². The summed E-state index contributed by atoms with van der Waals surface area (Å²) in [5.74, 6) is 1.85. The van der Waals surface area contributed by atoms with Gasteiger partial charge in [0.05, 0.1) is 0 Å². The number of hydrogen-bond donors (Lipinski definition) is 1. The van der Waals surface area contributed by atoms with Crippen molar-refractivity contribution < 1.29 is 0 Å². The van der Waals surface area contributed by atoms with Gasteiger partial charge in [-0.05, 0) is 38.1 Å². The second-order valence-corrected chi connectivity index (χ2v) is 4.56. The molecule has 0 spiro atoms. The average Bonchev–Trinajstić information content (AvgIpc) is 2.47. The third kappa shape index (κ3) is 2.78. The summed E-state index contributed by atoms with van der Waals surface area (Å²) >= 11 is 0. The average molecular weight is 169 g/mol. The molecule has 12 heavy (non-hydrogen) atoms. The van der Waals surface area contributed by atoms with Gasteiger partial charge in [0.2, 0.25) is 0 Å². The molecule has 0 heterocycles. The second kappa shape index (κ2) is 4.86. The Balaban J connectivity index is 2.21. The minimum Gasteiger partial charge on any atom is -0.317 e. The first-order valence-corrected chi connectivity index (χ1v) is 5.41. The molecule has 0 radical (unpaired) electrons. The summed E-state index contributed by atoms with van der Waals surface area (Å²) in [7, 11) is 2.11. The summed E-state index contributed by atoms with van der Waals surface area (Å²) in [6, 6.07) is 0.823. The molecular weight excluding hydrogens is 146 g/mol. The third-order valence-electron chi connectivity index (χ3n) is 3.14. The van der Waals surface area contributed by atoms with Crippen molar-refractivity contribution in [3.8, 4) is 0 Å². The van der Waals surface area contributed by atoms with E-state index in [1.165, 1.54) is 32.1 Å². The Morgan fingerprint density at radius 3 is 2.67 bits per heavy atom. The van der Waals surface area contributed by atoms with E-state index in [0.29, 0.717) is 0 Å². The molecule has 1 heteroatoms. The van der Waals surface area contributed by atoms with Crippen LogP contribution in [0, 0.1) is 11.8 Å². The fraction of sp³-hybridized carbons (Fsp3) is 1.00. The molecule has 0 aliphatic heterocycles. The van der Waals surface area contributed by atoms with Gasteiger partial charge in [0.15, 0.2) is 0 Å². The van der Waals surface area contributed by atoms with Crippen LogP contribution in [0.1, 0.15) is 46.0 Å². The van der Waals surface area contributed by atoms with E-state index in [4.69, 9.17) is 0 Å². The molecule has 0 saturated heterocycles. The SMILES string of the molecule is CNC1CCCC1CCC(C)C. The number of hydrogen-bond acceptors (Lipinski definition) is 1. The lowest BCUT2D eigenvalue weighted by atomic mass is 9.94. The summed E-state index contributed by atoms with van der Waals surface area (Å²) in [6.07, 6.45) is 7.14. The third-order valence-corrected chi connectivity index (χ3v) is 3.14. The highest BCUT2D eigenvalue weighted by Gasteiger charge is 2.25. The summed E-state index contributed by atoms with van der Waals surface area (Å²) in [6.45, 7) is 4.65. The van der Waals surface area contributed by atoms with Crippen LogP contribution in [0.5, 0.6) is 0 Å². The molecule has 0 bridgehead atoms. The van der Waals surface area contributed by atoms with E-state index in [9.17, 15) is 0 Å². The highest BCUT2D eigenvalue weighted by Crippen LogP contribution is 2.30. The molecule has 1 rings (SSSR count). The first-order chi connectivity index (χ1) is 5.74. The van der Waals surface area contributed by atoms with Crippen molar-refractivity contribution in [3.63, 3.8) is 0 Å². The summed E-state index contributed by atoms with van der Waals surface area (Å²) in [5, 5.41) is 3.44. The van der Waals surface area contributed by atoms with E-state index in [0.717, 1.165) is 17.9 Å². The van der Waals surface area contributed by atoms with Crippen molar-refractivity contribution >= 4 is 0 Å². The molecule has 1 fully saturated rings. The molecule has 2 unspecified atom stereocenters. The Kier molecular flexibility index (Phi) is 4.07. The maximum absolute atomic E-state index is 3.44. The zero-order valence-electron chi connectivity index (χ0n) is 8.77. The predicted octanol–water partition coefficient (Wildman–Crippen LogP) is 2.81. The van der Waals surface area contributed by atoms with Crippen LogP contribution in [0.4, 0.5) is 0 Å². The van der Waals surface area contributed by atoms with Gasteiger partial charge in [0.1, 0.15) is 0 Å². The van der Waals surface area contributed by atoms with E-state index in [1.54, 1.807) is 0 Å². The molecule has 1 nitrogen and oxygen atoms in total. The Morgan fingerprint density at radius 2 is 2.08 bits per heavy atom. The lowest BCUT2D eigenvalue weighted by Crippen LogP contribution is -2.28. The van der Waals surface area contributed by atoms with Crippen LogP contribution in [0.3, 0.4) is 0 Å². The molecule has 0 aromatic rings. The first-order valence-electron chi connectivity index (χ1n) is 5.41. The van der Waals surface area contributed by atoms with Crippen LogP contribution in [0.25, 0.3) is 0 Å². The van der Waals surface area contributed by atoms with E-state index < -0.39 is 0 Å². The van der Waals surface area contributed by atoms with E-state index in [-0.39, 0.29) is 0 Å². The van der Waals surface area contributed by atoms with Gasteiger partial charge in [-0.2, -0.15) is 0 Å². The molecule has 1 N–H and O–H groups in total. The van der Waals surface area contributed by atoms with Gasteiger partial charge < -0.3 is 5.32 Å². The number of nitrogens with one attached hydrogen (secondary N) is 1. The zero-order valence-corrected chi connectivity index (χ0v) is 8.77. The fourth-order valence-electron chi connectivity index (χ4n) is 2.31. The highest BCUT2D eigenvalue weighted by atomic mass is 14.9. The minimum atomic E-state index is 0.823. The van der Waals surface area contributed by atoms with Crippen LogP contribution in [0.15, 0.2) is 0 Å². The topological polar surface area (TPSA) is 12.0 Å². The monoisotopic (exact) mass is 169 g/mol. The molecule has 72 valence electrons. The summed E-state index contributed by atoms with van der Waals surface area (Å²) in [5.41, 5.74) is 0. The van der Waals surface area contributed by atoms with Crippen LogP contribution >= 0.6 is 0 Å². The molecule has 0 amide bonds. The standard InChI is InChI=1S/C11H23N/c1-9(2)7-8-10-5-4-6-11(10)12-3/h9-12H,4-8H2,1-3H3. The van der Waals surface area contributed by atoms with Crippen LogP contribution in [0.2, 0.25) is 0 Å². The van der Waals surface area contributed by atoms with Crippen molar-refractivity contribution in [1.29, 1.82) is 0 Å². The van der Waals surface area contributed by atoms with E-state index >= 15 is 0 Å². The Bertz CT molecular complexity index is 120. The highest BCUT2D eigenvalue weighted by molar-refractivity contribution is 4.81. The van der Waals surface area contributed by atoms with Gasteiger partial charge in [-0.1, -0.05) is 26.7 Å². The van der Waals surface area contributed by atoms with Gasteiger partial charge in [-0.15, -0.1) is 0 Å². The van der Waals surface area contributed by atoms with Gasteiger partial charge in [0.25, 0.3) is 0 Å². The molecule has 0 aromatic carbocycles. The lowest BCUT2D eigenvalue weighted by molar-refractivity contribution is 0.366. The minimum absolute atomic E-state index is 0.823. The normalized spacial score (nSPS) is 30.0. The zero-order chi connectivity index (χ0) is 8.97. The van der Waals surface area contributed by atoms with Crippen molar-refractivity contribution in [2.45, 2.75) is 52.0 Å². The van der Waals surface area contributed by atoms with Crippen molar-refractivity contribution in [2.24, 2.45) is 11.8 Å². The van der Waals surface area contributed by atoms with Gasteiger partial charge in [-0.3, -0.25) is 0 Å². The van der Waals surface area contributed by atoms with Crippen molar-refractivity contribution in [1.82, 2.24) is 5.32 Å². The van der Waals surface area contributed by atoms with E-state index in [1.807, 2.05) is 0 Å². The van der Waals surface area contributed by atoms with Crippen LogP contribution in [-0.2, 0) is 0 Å². The van der Waals surface area contributed by atoms with Crippen molar-refractivity contribution in [2.75, 3.05) is 7.05 Å². The number of rotatable bonds is 4. The second-order valence-electron chi connectivity index (χ2n) is 4.56. The maximum atomic E-state index is 3.44. The van der Waals surface area contributed by atoms with E-state index in [2.05, 4.69) is 26.2 Å². The summed E-state index contributed by atoms with van der Waals surface area (Å²) < 4.78 is 0. The predicted molar refractivity (Wildman–Crippen MR) is 54.3 cm³/mol. The quantitative estimate of drug-likeness (QED) is 0.682. The molecule has 0 aromatic heterocycles. The molecular formula is C11H23N. The lowest BCUT2D eigenvalue weighted by Gasteiger charge is -2.19. The maximum Gasteiger partial charge on any atom is 0.00923 e. The first kappa shape index (κ1) is 10.0. The molecule has 1 aliphatic rings. The Hall–Kier alpha value is -0.0400. The van der Waals surface area contributed by atoms with Gasteiger partial charge in [0, 0.05) is 6.04 Å². The smallest absolute Gasteiger partial charge is 0.00923 e. The van der Waals surface area contributed by atoms with Crippen LogP contribution in [-0.4, -0.2) is 13.1 Å². The van der Waals surface area contributed by atoms with Crippen molar-refractivity contribution in [3.05, 3.63) is 0 Å². The van der Waals surface area contributed by atoms with Gasteiger partial charge >= 0.3 is 0 Å². The molecule has 1 saturated carbocycles. The Labute approximate surface area is 76.9 Å². The van der Waals surface area contributed by atoms with Gasteiger partial charge in [-0.25, -0.2) is 0 Å². The largest absolute Gasteiger partial charge is 0.317 e. The Morgan fingerprint density at radius 1 is 1.33 bits per heavy atom. The molecule has 1 aliphatic carbocycles.